The lowest BCUT2D eigenvalue weighted by atomic mass is 9.78. The number of aliphatic hydroxyl groups is 1. The van der Waals surface area contributed by atoms with Gasteiger partial charge in [0.1, 0.15) is 12.0 Å². The second kappa shape index (κ2) is 11.3. The third kappa shape index (κ3) is 6.59. The van der Waals surface area contributed by atoms with Gasteiger partial charge in [-0.1, -0.05) is 30.4 Å². The first-order valence-electron chi connectivity index (χ1n) is 11.7. The Labute approximate surface area is 206 Å². The lowest BCUT2D eigenvalue weighted by molar-refractivity contribution is 0.145. The summed E-state index contributed by atoms with van der Waals surface area (Å²) in [6, 6.07) is -0.218. The van der Waals surface area contributed by atoms with Crippen LogP contribution in [0.3, 0.4) is 0 Å². The van der Waals surface area contributed by atoms with E-state index in [0.29, 0.717) is 27.1 Å². The summed E-state index contributed by atoms with van der Waals surface area (Å²) in [6.45, 7) is 2.59. The highest BCUT2D eigenvalue weighted by Gasteiger charge is 2.29. The van der Waals surface area contributed by atoms with Crippen LogP contribution >= 0.6 is 27.3 Å². The van der Waals surface area contributed by atoms with Gasteiger partial charge in [0.25, 0.3) is 0 Å². The van der Waals surface area contributed by atoms with Crippen molar-refractivity contribution < 1.29 is 13.9 Å². The molecule has 0 aliphatic heterocycles. The van der Waals surface area contributed by atoms with Gasteiger partial charge in [-0.25, -0.2) is 8.78 Å². The third-order valence-corrected chi connectivity index (χ3v) is 7.96. The summed E-state index contributed by atoms with van der Waals surface area (Å²) < 4.78 is 28.3. The fraction of sp³-hybridized carbons (Fsp3) is 0.583. The van der Waals surface area contributed by atoms with Gasteiger partial charge >= 0.3 is 0 Å². The third-order valence-electron chi connectivity index (χ3n) is 6.68. The van der Waals surface area contributed by atoms with Crippen LogP contribution in [0.25, 0.3) is 0 Å². The summed E-state index contributed by atoms with van der Waals surface area (Å²) in [6.07, 6.45) is 10.9. The predicted molar refractivity (Wildman–Crippen MR) is 133 cm³/mol. The van der Waals surface area contributed by atoms with E-state index in [4.69, 9.17) is 0 Å². The Morgan fingerprint density at radius 1 is 1.33 bits per heavy atom. The standard InChI is InChI=1S/C24H31BrF2N4OS/c1-2-14-6-7-16-4-3-5-20(19(16)10-14)28-13-22(32)21(29-24-31-30-23(25)33-24)11-15-8-17(26)12-18(27)9-15/h6-9,14,17,20-22,28,32H,2-5,10-13H2,1H3,(H,29,31). The number of hydrogen-bond acceptors (Lipinski definition) is 6. The number of hydrogen-bond donors (Lipinski definition) is 3. The van der Waals surface area contributed by atoms with Gasteiger partial charge in [-0.05, 0) is 89.2 Å². The fourth-order valence-corrected chi connectivity index (χ4v) is 5.98. The molecule has 1 heterocycles. The molecule has 0 aromatic carbocycles. The van der Waals surface area contributed by atoms with E-state index >= 15 is 0 Å². The van der Waals surface area contributed by atoms with Crippen molar-refractivity contribution in [2.45, 2.75) is 76.2 Å². The lowest BCUT2D eigenvalue weighted by Gasteiger charge is -2.34. The van der Waals surface area contributed by atoms with Crippen LogP contribution < -0.4 is 10.6 Å². The molecule has 0 radical (unpaired) electrons. The van der Waals surface area contributed by atoms with Crippen molar-refractivity contribution in [1.82, 2.24) is 15.5 Å². The number of nitrogens with one attached hydrogen (secondary N) is 2. The Kier molecular flexibility index (Phi) is 8.48. The van der Waals surface area contributed by atoms with Crippen molar-refractivity contribution >= 4 is 32.4 Å². The zero-order valence-corrected chi connectivity index (χ0v) is 21.1. The normalized spacial score (nSPS) is 27.0. The Hall–Kier alpha value is -1.42. The van der Waals surface area contributed by atoms with E-state index in [1.165, 1.54) is 34.6 Å². The first kappa shape index (κ1) is 24.7. The number of allylic oxidation sites excluding steroid dienone is 6. The van der Waals surface area contributed by atoms with Crippen LogP contribution in [0.4, 0.5) is 13.9 Å². The number of rotatable bonds is 9. The van der Waals surface area contributed by atoms with Crippen molar-refractivity contribution in [2.75, 3.05) is 11.9 Å². The molecule has 0 saturated carbocycles. The van der Waals surface area contributed by atoms with Crippen LogP contribution in [0.15, 0.2) is 50.8 Å². The second-order valence-corrected chi connectivity index (χ2v) is 11.3. The Morgan fingerprint density at radius 3 is 2.91 bits per heavy atom. The minimum atomic E-state index is -1.34. The topological polar surface area (TPSA) is 70.1 Å². The van der Waals surface area contributed by atoms with Crippen LogP contribution in [0.1, 0.15) is 51.9 Å². The molecule has 9 heteroatoms. The first-order chi connectivity index (χ1) is 15.9. The Morgan fingerprint density at radius 2 is 2.18 bits per heavy atom. The van der Waals surface area contributed by atoms with Gasteiger partial charge < -0.3 is 15.7 Å². The lowest BCUT2D eigenvalue weighted by Crippen LogP contribution is -2.45. The van der Waals surface area contributed by atoms with Crippen LogP contribution in [0, 0.1) is 5.92 Å². The van der Waals surface area contributed by atoms with Gasteiger partial charge in [0.2, 0.25) is 5.13 Å². The van der Waals surface area contributed by atoms with Crippen molar-refractivity contribution in [3.63, 3.8) is 0 Å². The quantitative estimate of drug-likeness (QED) is 0.370. The van der Waals surface area contributed by atoms with Gasteiger partial charge in [-0.3, -0.25) is 0 Å². The molecule has 1 aromatic heterocycles. The summed E-state index contributed by atoms with van der Waals surface area (Å²) in [5.74, 6) is 0.109. The van der Waals surface area contributed by atoms with Crippen LogP contribution in [0.5, 0.6) is 0 Å². The molecular formula is C24H31BrF2N4OS. The van der Waals surface area contributed by atoms with E-state index in [0.717, 1.165) is 32.1 Å². The van der Waals surface area contributed by atoms with Crippen LogP contribution in [-0.2, 0) is 0 Å². The summed E-state index contributed by atoms with van der Waals surface area (Å²) in [5.41, 5.74) is 3.45. The molecule has 5 unspecified atom stereocenters. The van der Waals surface area contributed by atoms with E-state index < -0.39 is 24.1 Å². The Balaban J connectivity index is 1.44. The maximum absolute atomic E-state index is 13.9. The van der Waals surface area contributed by atoms with Gasteiger partial charge in [-0.2, -0.15) is 0 Å². The van der Waals surface area contributed by atoms with Crippen molar-refractivity contribution in [2.24, 2.45) is 5.92 Å². The zero-order chi connectivity index (χ0) is 23.4. The fourth-order valence-electron chi connectivity index (χ4n) is 4.90. The number of aliphatic hydroxyl groups excluding tert-OH is 1. The maximum atomic E-state index is 13.9. The predicted octanol–water partition coefficient (Wildman–Crippen LogP) is 5.78. The van der Waals surface area contributed by atoms with E-state index in [9.17, 15) is 13.9 Å². The molecule has 180 valence electrons. The monoisotopic (exact) mass is 540 g/mol. The van der Waals surface area contributed by atoms with E-state index in [2.05, 4.69) is 55.8 Å². The van der Waals surface area contributed by atoms with Gasteiger partial charge in [0, 0.05) is 19.0 Å². The molecule has 3 N–H and O–H groups in total. The molecule has 1 aromatic rings. The molecule has 0 fully saturated rings. The summed E-state index contributed by atoms with van der Waals surface area (Å²) in [7, 11) is 0. The van der Waals surface area contributed by atoms with Crippen molar-refractivity contribution in [3.05, 3.63) is 50.8 Å². The minimum Gasteiger partial charge on any atom is -0.390 e. The number of aromatic nitrogens is 2. The van der Waals surface area contributed by atoms with Gasteiger partial charge in [0.05, 0.1) is 12.1 Å². The van der Waals surface area contributed by atoms with Crippen molar-refractivity contribution in [1.29, 1.82) is 0 Å². The molecule has 0 saturated heterocycles. The summed E-state index contributed by atoms with van der Waals surface area (Å²) in [5, 5.41) is 26.5. The number of nitrogens with zero attached hydrogens (tertiary/aromatic N) is 2. The maximum Gasteiger partial charge on any atom is 0.206 e. The van der Waals surface area contributed by atoms with E-state index in [1.807, 2.05) is 0 Å². The average molecular weight is 542 g/mol. The van der Waals surface area contributed by atoms with Crippen LogP contribution in [-0.4, -0.2) is 46.2 Å². The number of alkyl halides is 1. The molecule has 0 spiro atoms. The van der Waals surface area contributed by atoms with Gasteiger partial charge in [-0.15, -0.1) is 10.2 Å². The second-order valence-electron chi connectivity index (χ2n) is 9.07. The highest BCUT2D eigenvalue weighted by molar-refractivity contribution is 9.11. The smallest absolute Gasteiger partial charge is 0.206 e. The van der Waals surface area contributed by atoms with Crippen LogP contribution in [0.2, 0.25) is 0 Å². The largest absolute Gasteiger partial charge is 0.390 e. The number of halogens is 3. The molecule has 4 rings (SSSR count). The zero-order valence-electron chi connectivity index (χ0n) is 18.7. The van der Waals surface area contributed by atoms with E-state index in [1.54, 1.807) is 0 Å². The number of anilines is 1. The molecule has 5 atom stereocenters. The molecule has 5 nitrogen and oxygen atoms in total. The summed E-state index contributed by atoms with van der Waals surface area (Å²) >= 11 is 4.61. The Bertz CT molecular complexity index is 960. The molecule has 3 aliphatic carbocycles. The van der Waals surface area contributed by atoms with Gasteiger partial charge in [0.15, 0.2) is 3.92 Å². The first-order valence-corrected chi connectivity index (χ1v) is 13.3. The highest BCUT2D eigenvalue weighted by atomic mass is 79.9. The molecule has 0 amide bonds. The SMILES string of the molecule is CCC1C=CC2=C(C1)C(NCC(O)C(CC1=CC(F)CC(F)=C1)Nc1nnc(Br)s1)CCC2. The van der Waals surface area contributed by atoms with E-state index in [-0.39, 0.29) is 18.9 Å². The molecular weight excluding hydrogens is 510 g/mol. The highest BCUT2D eigenvalue weighted by Crippen LogP contribution is 2.35. The molecule has 3 aliphatic rings. The van der Waals surface area contributed by atoms with Crippen molar-refractivity contribution in [3.8, 4) is 0 Å². The minimum absolute atomic E-state index is 0.221. The average Bonchev–Trinajstić information content (AvgIpc) is 3.20. The molecule has 0 bridgehead atoms. The summed E-state index contributed by atoms with van der Waals surface area (Å²) in [4.78, 5) is 0. The molecule has 33 heavy (non-hydrogen) atoms.